The molecule has 1 aromatic rings. The molecule has 11 nitrogen and oxygen atoms in total. The molecule has 0 saturated carbocycles. The van der Waals surface area contributed by atoms with E-state index in [0.717, 1.165) is 20.6 Å². The minimum atomic E-state index is -1.80. The van der Waals surface area contributed by atoms with E-state index in [4.69, 9.17) is 19.9 Å². The normalized spacial score (nSPS) is 14.2. The number of nitrogens with two attached hydrogens (primary N) is 1. The Morgan fingerprint density at radius 1 is 1.03 bits per heavy atom. The minimum absolute atomic E-state index is 0.152. The number of hydrogen-bond acceptors (Lipinski definition) is 10. The molecule has 0 spiro atoms. The number of carbonyl (C=O) groups excluding carboxylic acids is 3. The molecule has 3 N–H and O–H groups in total. The quantitative estimate of drug-likeness (QED) is 0.278. The first-order valence-corrected chi connectivity index (χ1v) is 10.3. The van der Waals surface area contributed by atoms with Crippen LogP contribution in [-0.4, -0.2) is 55.2 Å². The highest BCUT2D eigenvalue weighted by Gasteiger charge is 2.37. The monoisotopic (exact) mass is 469 g/mol. The van der Waals surface area contributed by atoms with Crippen LogP contribution in [-0.2, 0) is 30.2 Å². The summed E-state index contributed by atoms with van der Waals surface area (Å²) in [4.78, 5) is 47.1. The van der Waals surface area contributed by atoms with Gasteiger partial charge < -0.3 is 34.5 Å². The summed E-state index contributed by atoms with van der Waals surface area (Å²) in [6.45, 7) is 5.26. The van der Waals surface area contributed by atoms with Gasteiger partial charge in [0, 0.05) is 12.8 Å². The smallest absolute Gasteiger partial charge is 0.480 e. The summed E-state index contributed by atoms with van der Waals surface area (Å²) in [5, 5.41) is 9.77. The number of carboxylic acids is 1. The van der Waals surface area contributed by atoms with Gasteiger partial charge in [0.25, 0.3) is 0 Å². The van der Waals surface area contributed by atoms with E-state index in [0.29, 0.717) is 12.0 Å². The SMILES string of the molecule is CCCC(C)C(=O)O[C@@H](C)CC(N)(Cc1ccc(OC(=O)OC)c(OC(=O)OC)c1)C(=O)O. The van der Waals surface area contributed by atoms with Gasteiger partial charge in [-0.05, 0) is 31.0 Å². The van der Waals surface area contributed by atoms with Crippen LogP contribution in [0.4, 0.5) is 9.59 Å². The van der Waals surface area contributed by atoms with Crippen LogP contribution >= 0.6 is 0 Å². The lowest BCUT2D eigenvalue weighted by Crippen LogP contribution is -2.52. The first-order valence-electron chi connectivity index (χ1n) is 10.3. The Hall–Kier alpha value is -3.34. The fraction of sp³-hybridized carbons (Fsp3) is 0.545. The van der Waals surface area contributed by atoms with Crippen molar-refractivity contribution in [1.82, 2.24) is 0 Å². The van der Waals surface area contributed by atoms with E-state index < -0.39 is 35.9 Å². The van der Waals surface area contributed by atoms with Crippen LogP contribution < -0.4 is 15.2 Å². The van der Waals surface area contributed by atoms with E-state index in [9.17, 15) is 24.3 Å². The van der Waals surface area contributed by atoms with Gasteiger partial charge in [-0.2, -0.15) is 0 Å². The molecule has 3 atom stereocenters. The highest BCUT2D eigenvalue weighted by atomic mass is 16.7. The van der Waals surface area contributed by atoms with Crippen molar-refractivity contribution in [3.63, 3.8) is 0 Å². The van der Waals surface area contributed by atoms with Crippen molar-refractivity contribution in [2.45, 2.75) is 58.1 Å². The Kier molecular flexibility index (Phi) is 10.6. The lowest BCUT2D eigenvalue weighted by atomic mass is 9.86. The van der Waals surface area contributed by atoms with Gasteiger partial charge >= 0.3 is 24.2 Å². The molecular formula is C22H31NO10. The van der Waals surface area contributed by atoms with Crippen molar-refractivity contribution in [2.24, 2.45) is 11.7 Å². The average molecular weight is 469 g/mol. The van der Waals surface area contributed by atoms with Crippen molar-refractivity contribution in [1.29, 1.82) is 0 Å². The Morgan fingerprint density at radius 2 is 1.61 bits per heavy atom. The molecule has 184 valence electrons. The molecule has 0 bridgehead atoms. The van der Waals surface area contributed by atoms with Gasteiger partial charge in [0.15, 0.2) is 11.5 Å². The second kappa shape index (κ2) is 12.6. The number of carbonyl (C=O) groups is 4. The molecule has 2 unspecified atom stereocenters. The Labute approximate surface area is 192 Å². The largest absolute Gasteiger partial charge is 0.513 e. The van der Waals surface area contributed by atoms with Crippen molar-refractivity contribution in [2.75, 3.05) is 14.2 Å². The third-order valence-electron chi connectivity index (χ3n) is 4.77. The Morgan fingerprint density at radius 3 is 2.12 bits per heavy atom. The van der Waals surface area contributed by atoms with Gasteiger partial charge in [0.2, 0.25) is 0 Å². The van der Waals surface area contributed by atoms with E-state index in [1.165, 1.54) is 18.2 Å². The first-order chi connectivity index (χ1) is 15.4. The molecule has 0 radical (unpaired) electrons. The molecular weight excluding hydrogens is 438 g/mol. The molecule has 1 rings (SSSR count). The zero-order chi connectivity index (χ0) is 25.2. The van der Waals surface area contributed by atoms with E-state index >= 15 is 0 Å². The summed E-state index contributed by atoms with van der Waals surface area (Å²) in [5.41, 5.74) is 4.72. The van der Waals surface area contributed by atoms with Crippen LogP contribution in [0.2, 0.25) is 0 Å². The van der Waals surface area contributed by atoms with Crippen LogP contribution in [0, 0.1) is 5.92 Å². The highest BCUT2D eigenvalue weighted by molar-refractivity contribution is 5.79. The molecule has 11 heteroatoms. The summed E-state index contributed by atoms with van der Waals surface area (Å²) in [5.74, 6) is -2.39. The van der Waals surface area contributed by atoms with Crippen LogP contribution in [0.3, 0.4) is 0 Å². The maximum absolute atomic E-state index is 12.2. The topological polar surface area (TPSA) is 161 Å². The molecule has 0 aromatic heterocycles. The van der Waals surface area contributed by atoms with E-state index in [-0.39, 0.29) is 30.3 Å². The molecule has 0 saturated heterocycles. The van der Waals surface area contributed by atoms with Gasteiger partial charge in [-0.3, -0.25) is 9.59 Å². The minimum Gasteiger partial charge on any atom is -0.480 e. The molecule has 0 amide bonds. The number of methoxy groups -OCH3 is 2. The fourth-order valence-corrected chi connectivity index (χ4v) is 3.11. The van der Waals surface area contributed by atoms with E-state index in [1.807, 2.05) is 6.92 Å². The zero-order valence-electron chi connectivity index (χ0n) is 19.4. The Bertz CT molecular complexity index is 856. The second-order valence-corrected chi connectivity index (χ2v) is 7.67. The van der Waals surface area contributed by atoms with Crippen LogP contribution in [0.15, 0.2) is 18.2 Å². The van der Waals surface area contributed by atoms with Crippen LogP contribution in [0.25, 0.3) is 0 Å². The molecule has 1 aromatic carbocycles. The number of rotatable bonds is 11. The number of hydrogen-bond donors (Lipinski definition) is 2. The van der Waals surface area contributed by atoms with Crippen molar-refractivity contribution >= 4 is 24.2 Å². The van der Waals surface area contributed by atoms with Crippen molar-refractivity contribution in [3.8, 4) is 11.5 Å². The standard InChI is InChI=1S/C22H31NO10/c1-6-7-13(2)18(24)31-14(3)11-22(23,19(25)26)12-15-8-9-16(32-20(27)29-4)17(10-15)33-21(28)30-5/h8-10,13-14H,6-7,11-12,23H2,1-5H3,(H,25,26)/t13?,14-,22?/m0/s1. The molecule has 33 heavy (non-hydrogen) atoms. The summed E-state index contributed by atoms with van der Waals surface area (Å²) < 4.78 is 24.1. The van der Waals surface area contributed by atoms with Crippen LogP contribution in [0.5, 0.6) is 11.5 Å². The third kappa shape index (κ3) is 8.60. The van der Waals surface area contributed by atoms with Gasteiger partial charge in [-0.15, -0.1) is 0 Å². The fourth-order valence-electron chi connectivity index (χ4n) is 3.11. The summed E-state index contributed by atoms with van der Waals surface area (Å²) in [6.07, 6.45) is -1.80. The van der Waals surface area contributed by atoms with Crippen molar-refractivity contribution < 1.29 is 48.0 Å². The van der Waals surface area contributed by atoms with Gasteiger partial charge in [0.1, 0.15) is 11.6 Å². The number of ether oxygens (including phenoxy) is 5. The maximum atomic E-state index is 12.2. The zero-order valence-corrected chi connectivity index (χ0v) is 19.4. The average Bonchev–Trinajstić information content (AvgIpc) is 2.74. The first kappa shape index (κ1) is 27.7. The van der Waals surface area contributed by atoms with Crippen LogP contribution in [0.1, 0.15) is 45.6 Å². The van der Waals surface area contributed by atoms with E-state index in [2.05, 4.69) is 9.47 Å². The lowest BCUT2D eigenvalue weighted by molar-refractivity contribution is -0.156. The summed E-state index contributed by atoms with van der Waals surface area (Å²) in [6, 6.07) is 4.04. The van der Waals surface area contributed by atoms with Gasteiger partial charge in [0.05, 0.1) is 20.1 Å². The summed E-state index contributed by atoms with van der Waals surface area (Å²) >= 11 is 0. The predicted octanol–water partition coefficient (Wildman–Crippen LogP) is 3.06. The number of esters is 1. The molecule has 0 heterocycles. The van der Waals surface area contributed by atoms with Gasteiger partial charge in [-0.1, -0.05) is 26.3 Å². The number of benzene rings is 1. The maximum Gasteiger partial charge on any atom is 0.513 e. The predicted molar refractivity (Wildman–Crippen MR) is 115 cm³/mol. The highest BCUT2D eigenvalue weighted by Crippen LogP contribution is 2.31. The lowest BCUT2D eigenvalue weighted by Gasteiger charge is -2.28. The van der Waals surface area contributed by atoms with E-state index in [1.54, 1.807) is 13.8 Å². The molecule has 0 fully saturated rings. The van der Waals surface area contributed by atoms with Crippen molar-refractivity contribution in [3.05, 3.63) is 23.8 Å². The molecule has 0 aliphatic rings. The number of aliphatic carboxylic acids is 1. The Balaban J connectivity index is 3.10. The van der Waals surface area contributed by atoms with Gasteiger partial charge in [-0.25, -0.2) is 9.59 Å². The molecule has 0 aliphatic heterocycles. The second-order valence-electron chi connectivity index (χ2n) is 7.67. The third-order valence-corrected chi connectivity index (χ3v) is 4.77. The number of carboxylic acid groups (broad SMARTS) is 1. The molecule has 0 aliphatic carbocycles. The summed E-state index contributed by atoms with van der Waals surface area (Å²) in [7, 11) is 2.19.